The summed E-state index contributed by atoms with van der Waals surface area (Å²) in [6.45, 7) is 4.37. The van der Waals surface area contributed by atoms with Crippen molar-refractivity contribution in [2.75, 3.05) is 6.61 Å². The first-order chi connectivity index (χ1) is 10.0. The number of carboxylic acids is 1. The minimum atomic E-state index is -1.00. The number of nitrogens with one attached hydrogen (secondary N) is 1. The Morgan fingerprint density at radius 3 is 2.90 bits per heavy atom. The van der Waals surface area contributed by atoms with Crippen LogP contribution in [0.2, 0.25) is 0 Å². The molecule has 0 spiro atoms. The first-order valence-electron chi connectivity index (χ1n) is 6.75. The molecule has 0 unspecified atom stereocenters. The van der Waals surface area contributed by atoms with Crippen LogP contribution in [0.1, 0.15) is 35.8 Å². The molecule has 2 N–H and O–H groups in total. The number of aryl methyl sites for hydroxylation is 1. The zero-order valence-electron chi connectivity index (χ0n) is 11.9. The Bertz CT molecular complexity index is 652. The molecule has 2 aromatic rings. The Morgan fingerprint density at radius 1 is 1.48 bits per heavy atom. The van der Waals surface area contributed by atoms with Gasteiger partial charge in [-0.05, 0) is 31.5 Å². The molecule has 5 nitrogen and oxygen atoms in total. The molecule has 0 amide bonds. The molecule has 21 heavy (non-hydrogen) atoms. The minimum absolute atomic E-state index is 0.174. The molecule has 0 aliphatic heterocycles. The number of hydrogen-bond donors (Lipinski definition) is 2. The Balaban J connectivity index is 2.47. The van der Waals surface area contributed by atoms with Gasteiger partial charge in [0.15, 0.2) is 0 Å². The fourth-order valence-corrected chi connectivity index (χ4v) is 2.39. The van der Waals surface area contributed by atoms with Gasteiger partial charge in [0.1, 0.15) is 17.0 Å². The summed E-state index contributed by atoms with van der Waals surface area (Å²) in [5.41, 5.74) is 1.76. The Morgan fingerprint density at radius 2 is 2.24 bits per heavy atom. The molecular formula is C15H17BrN2O3. The second-order valence-electron chi connectivity index (χ2n) is 4.72. The van der Waals surface area contributed by atoms with E-state index >= 15 is 0 Å². The van der Waals surface area contributed by atoms with E-state index in [2.05, 4.69) is 33.1 Å². The normalized spacial score (nSPS) is 10.6. The van der Waals surface area contributed by atoms with Crippen molar-refractivity contribution in [3.8, 4) is 17.0 Å². The molecule has 1 heterocycles. The van der Waals surface area contributed by atoms with Gasteiger partial charge < -0.3 is 9.84 Å². The molecule has 112 valence electrons. The van der Waals surface area contributed by atoms with Crippen LogP contribution in [0.25, 0.3) is 11.3 Å². The molecule has 1 aromatic carbocycles. The molecule has 0 aliphatic carbocycles. The van der Waals surface area contributed by atoms with Crippen molar-refractivity contribution in [3.63, 3.8) is 0 Å². The topological polar surface area (TPSA) is 75.2 Å². The quantitative estimate of drug-likeness (QED) is 0.769. The lowest BCUT2D eigenvalue weighted by Gasteiger charge is -2.11. The van der Waals surface area contributed by atoms with Gasteiger partial charge in [0.05, 0.1) is 6.61 Å². The van der Waals surface area contributed by atoms with Crippen LogP contribution in [0, 0.1) is 6.92 Å². The van der Waals surface area contributed by atoms with E-state index in [0.29, 0.717) is 29.3 Å². The summed E-state index contributed by atoms with van der Waals surface area (Å²) < 4.78 is 6.61. The SMILES string of the molecule is CCCCOc1ccc(Br)cc1-c1n[nH]c(C)c1C(=O)O. The molecular weight excluding hydrogens is 336 g/mol. The first-order valence-corrected chi connectivity index (χ1v) is 7.54. The molecule has 0 fully saturated rings. The summed E-state index contributed by atoms with van der Waals surface area (Å²) in [6.07, 6.45) is 1.98. The lowest BCUT2D eigenvalue weighted by atomic mass is 10.1. The zero-order chi connectivity index (χ0) is 15.4. The lowest BCUT2D eigenvalue weighted by Crippen LogP contribution is -2.02. The van der Waals surface area contributed by atoms with Crippen molar-refractivity contribution in [3.05, 3.63) is 33.9 Å². The smallest absolute Gasteiger partial charge is 0.339 e. The van der Waals surface area contributed by atoms with Crippen LogP contribution in [0.5, 0.6) is 5.75 Å². The number of hydrogen-bond acceptors (Lipinski definition) is 3. The van der Waals surface area contributed by atoms with Crippen molar-refractivity contribution >= 4 is 21.9 Å². The Hall–Kier alpha value is -1.82. The molecule has 0 bridgehead atoms. The number of aromatic nitrogens is 2. The van der Waals surface area contributed by atoms with E-state index in [0.717, 1.165) is 17.3 Å². The summed E-state index contributed by atoms with van der Waals surface area (Å²) in [5.74, 6) is -0.364. The van der Waals surface area contributed by atoms with Gasteiger partial charge in [-0.25, -0.2) is 4.79 Å². The minimum Gasteiger partial charge on any atom is -0.493 e. The van der Waals surface area contributed by atoms with Gasteiger partial charge >= 0.3 is 5.97 Å². The number of nitrogens with zero attached hydrogens (tertiary/aromatic N) is 1. The number of halogens is 1. The van der Waals surface area contributed by atoms with E-state index < -0.39 is 5.97 Å². The van der Waals surface area contributed by atoms with Crippen LogP contribution in [0.3, 0.4) is 0 Å². The predicted molar refractivity (Wildman–Crippen MR) is 83.8 cm³/mol. The van der Waals surface area contributed by atoms with E-state index in [1.807, 2.05) is 18.2 Å². The average molecular weight is 353 g/mol. The maximum Gasteiger partial charge on any atom is 0.339 e. The fraction of sp³-hybridized carbons (Fsp3) is 0.333. The van der Waals surface area contributed by atoms with Crippen molar-refractivity contribution in [2.24, 2.45) is 0 Å². The van der Waals surface area contributed by atoms with Crippen LogP contribution in [-0.4, -0.2) is 27.9 Å². The highest BCUT2D eigenvalue weighted by molar-refractivity contribution is 9.10. The average Bonchev–Trinajstić information content (AvgIpc) is 2.82. The standard InChI is InChI=1S/C15H17BrN2O3/c1-3-4-7-21-12-6-5-10(16)8-11(12)14-13(15(19)20)9(2)17-18-14/h5-6,8H,3-4,7H2,1-2H3,(H,17,18)(H,19,20). The van der Waals surface area contributed by atoms with E-state index in [1.165, 1.54) is 0 Å². The number of H-pyrrole nitrogens is 1. The number of carbonyl (C=O) groups is 1. The van der Waals surface area contributed by atoms with Crippen LogP contribution in [0.15, 0.2) is 22.7 Å². The van der Waals surface area contributed by atoms with Crippen molar-refractivity contribution < 1.29 is 14.6 Å². The van der Waals surface area contributed by atoms with Crippen molar-refractivity contribution in [2.45, 2.75) is 26.7 Å². The molecule has 2 rings (SSSR count). The maximum atomic E-state index is 11.4. The molecule has 6 heteroatoms. The summed E-state index contributed by atoms with van der Waals surface area (Å²) in [6, 6.07) is 5.51. The second-order valence-corrected chi connectivity index (χ2v) is 5.64. The lowest BCUT2D eigenvalue weighted by molar-refractivity contribution is 0.0697. The number of benzene rings is 1. The number of carboxylic acid groups (broad SMARTS) is 1. The summed E-state index contributed by atoms with van der Waals surface area (Å²) in [4.78, 5) is 11.4. The van der Waals surface area contributed by atoms with Crippen LogP contribution < -0.4 is 4.74 Å². The van der Waals surface area contributed by atoms with Gasteiger partial charge in [0.2, 0.25) is 0 Å². The maximum absolute atomic E-state index is 11.4. The first kappa shape index (κ1) is 15.6. The highest BCUT2D eigenvalue weighted by Crippen LogP contribution is 2.34. The number of aromatic carboxylic acids is 1. The van der Waals surface area contributed by atoms with Crippen molar-refractivity contribution in [1.29, 1.82) is 0 Å². The second kappa shape index (κ2) is 6.76. The van der Waals surface area contributed by atoms with Gasteiger partial charge in [-0.1, -0.05) is 29.3 Å². The molecule has 0 saturated heterocycles. The number of unbranched alkanes of at least 4 members (excludes halogenated alkanes) is 1. The number of rotatable bonds is 6. The summed E-state index contributed by atoms with van der Waals surface area (Å²) >= 11 is 3.40. The predicted octanol–water partition coefficient (Wildman–Crippen LogP) is 4.02. The molecule has 0 atom stereocenters. The third-order valence-corrected chi connectivity index (χ3v) is 3.61. The van der Waals surface area contributed by atoms with Gasteiger partial charge in [0.25, 0.3) is 0 Å². The monoisotopic (exact) mass is 352 g/mol. The third kappa shape index (κ3) is 3.44. The Kier molecular flexibility index (Phi) is 5.01. The highest BCUT2D eigenvalue weighted by atomic mass is 79.9. The molecule has 1 aromatic heterocycles. The highest BCUT2D eigenvalue weighted by Gasteiger charge is 2.21. The van der Waals surface area contributed by atoms with Gasteiger partial charge in [0, 0.05) is 15.7 Å². The van der Waals surface area contributed by atoms with Gasteiger partial charge in [-0.3, -0.25) is 5.10 Å². The molecule has 0 radical (unpaired) electrons. The van der Waals surface area contributed by atoms with E-state index in [4.69, 9.17) is 4.74 Å². The molecule has 0 saturated carbocycles. The van der Waals surface area contributed by atoms with Gasteiger partial charge in [-0.15, -0.1) is 0 Å². The van der Waals surface area contributed by atoms with Crippen LogP contribution >= 0.6 is 15.9 Å². The van der Waals surface area contributed by atoms with E-state index in [-0.39, 0.29) is 5.56 Å². The Labute approximate surface area is 131 Å². The third-order valence-electron chi connectivity index (χ3n) is 3.11. The van der Waals surface area contributed by atoms with E-state index in [1.54, 1.807) is 6.92 Å². The van der Waals surface area contributed by atoms with Crippen molar-refractivity contribution in [1.82, 2.24) is 10.2 Å². The van der Waals surface area contributed by atoms with Gasteiger partial charge in [-0.2, -0.15) is 5.10 Å². The summed E-state index contributed by atoms with van der Waals surface area (Å²) in [5, 5.41) is 16.2. The number of ether oxygens (including phenoxy) is 1. The van der Waals surface area contributed by atoms with Crippen LogP contribution in [-0.2, 0) is 0 Å². The molecule has 0 aliphatic rings. The fourth-order valence-electron chi connectivity index (χ4n) is 2.03. The summed E-state index contributed by atoms with van der Waals surface area (Å²) in [7, 11) is 0. The zero-order valence-corrected chi connectivity index (χ0v) is 13.5. The number of aromatic amines is 1. The van der Waals surface area contributed by atoms with E-state index in [9.17, 15) is 9.90 Å². The van der Waals surface area contributed by atoms with Crippen LogP contribution in [0.4, 0.5) is 0 Å². The largest absolute Gasteiger partial charge is 0.493 e.